The van der Waals surface area contributed by atoms with Gasteiger partial charge in [0.05, 0.1) is 6.61 Å². The molecule has 0 aliphatic carbocycles. The summed E-state index contributed by atoms with van der Waals surface area (Å²) in [7, 11) is 0. The Bertz CT molecular complexity index is 1040. The number of esters is 1. The van der Waals surface area contributed by atoms with Gasteiger partial charge in [0.25, 0.3) is 0 Å². The number of benzene rings is 3. The number of ether oxygens (including phenoxy) is 1. The van der Waals surface area contributed by atoms with Crippen LogP contribution in [0.1, 0.15) is 31.2 Å². The Morgan fingerprint density at radius 1 is 0.839 bits per heavy atom. The molecule has 0 unspecified atom stereocenters. The van der Waals surface area contributed by atoms with Crippen molar-refractivity contribution in [3.05, 3.63) is 78.4 Å². The van der Waals surface area contributed by atoms with Crippen molar-refractivity contribution in [2.45, 2.75) is 32.1 Å². The normalized spacial score (nSPS) is 10.5. The third-order valence-corrected chi connectivity index (χ3v) is 4.96. The fraction of sp³-hybridized carbons (Fsp3) is 0.240. The summed E-state index contributed by atoms with van der Waals surface area (Å²) in [6.07, 6.45) is 2.49. The average Bonchev–Trinajstić information content (AvgIpc) is 2.77. The number of hydrogen-bond donors (Lipinski definition) is 2. The van der Waals surface area contributed by atoms with Gasteiger partial charge in [-0.15, -0.1) is 0 Å². The van der Waals surface area contributed by atoms with E-state index in [1.807, 2.05) is 60.7 Å². The van der Waals surface area contributed by atoms with E-state index in [9.17, 15) is 9.59 Å². The highest BCUT2D eigenvalue weighted by Crippen LogP contribution is 2.18. The van der Waals surface area contributed by atoms with Crippen LogP contribution in [0.3, 0.4) is 0 Å². The van der Waals surface area contributed by atoms with Gasteiger partial charge in [-0.05, 0) is 59.9 Å². The first-order valence-corrected chi connectivity index (χ1v) is 10.8. The van der Waals surface area contributed by atoms with Crippen molar-refractivity contribution < 1.29 is 14.3 Å². The van der Waals surface area contributed by atoms with Gasteiger partial charge in [0.15, 0.2) is 5.11 Å². The minimum Gasteiger partial charge on any atom is -0.466 e. The van der Waals surface area contributed by atoms with E-state index in [-0.39, 0.29) is 29.8 Å². The smallest absolute Gasteiger partial charge is 0.305 e. The Balaban J connectivity index is 1.29. The number of hydrogen-bond acceptors (Lipinski definition) is 4. The first-order chi connectivity index (χ1) is 15.1. The molecule has 6 heteroatoms. The van der Waals surface area contributed by atoms with Crippen molar-refractivity contribution in [2.75, 3.05) is 11.9 Å². The molecule has 0 spiro atoms. The lowest BCUT2D eigenvalue weighted by Gasteiger charge is -2.10. The largest absolute Gasteiger partial charge is 0.466 e. The molecule has 0 saturated carbocycles. The van der Waals surface area contributed by atoms with E-state index in [1.165, 1.54) is 5.56 Å². The monoisotopic (exact) mass is 434 g/mol. The Hall–Kier alpha value is -3.25. The van der Waals surface area contributed by atoms with Gasteiger partial charge < -0.3 is 15.4 Å². The highest BCUT2D eigenvalue weighted by molar-refractivity contribution is 7.80. The molecule has 0 bridgehead atoms. The summed E-state index contributed by atoms with van der Waals surface area (Å²) in [6.45, 7) is 0.389. The molecule has 5 nitrogen and oxygen atoms in total. The maximum atomic E-state index is 12.1. The molecular formula is C25H26N2O3S. The lowest BCUT2D eigenvalue weighted by atomic mass is 10.1. The molecule has 160 valence electrons. The van der Waals surface area contributed by atoms with Gasteiger partial charge in [-0.1, -0.05) is 60.7 Å². The average molecular weight is 435 g/mol. The second-order valence-electron chi connectivity index (χ2n) is 7.23. The van der Waals surface area contributed by atoms with Crippen molar-refractivity contribution in [2.24, 2.45) is 0 Å². The fourth-order valence-corrected chi connectivity index (χ4v) is 3.42. The number of amides is 1. The van der Waals surface area contributed by atoms with Crippen LogP contribution in [-0.4, -0.2) is 23.6 Å². The number of anilines is 1. The van der Waals surface area contributed by atoms with Crippen LogP contribution < -0.4 is 10.6 Å². The third-order valence-electron chi connectivity index (χ3n) is 4.76. The molecule has 0 atom stereocenters. The summed E-state index contributed by atoms with van der Waals surface area (Å²) in [5.41, 5.74) is 2.03. The third kappa shape index (κ3) is 7.83. The van der Waals surface area contributed by atoms with Gasteiger partial charge >= 0.3 is 5.97 Å². The summed E-state index contributed by atoms with van der Waals surface area (Å²) in [5.74, 6) is -0.507. The van der Waals surface area contributed by atoms with E-state index in [2.05, 4.69) is 22.8 Å². The Morgan fingerprint density at radius 3 is 2.39 bits per heavy atom. The number of aryl methyl sites for hydroxylation is 1. The van der Waals surface area contributed by atoms with Crippen molar-refractivity contribution in [1.29, 1.82) is 0 Å². The Kier molecular flexibility index (Phi) is 8.55. The van der Waals surface area contributed by atoms with Crippen molar-refractivity contribution in [3.63, 3.8) is 0 Å². The van der Waals surface area contributed by atoms with Crippen LogP contribution in [0, 0.1) is 0 Å². The van der Waals surface area contributed by atoms with Gasteiger partial charge in [-0.3, -0.25) is 9.59 Å². The number of carbonyl (C=O) groups excluding carboxylic acids is 2. The van der Waals surface area contributed by atoms with Crippen LogP contribution >= 0.6 is 12.2 Å². The Labute approximate surface area is 187 Å². The number of thiocarbonyl (C=S) groups is 1. The summed E-state index contributed by atoms with van der Waals surface area (Å²) >= 11 is 5.21. The molecule has 3 rings (SSSR count). The van der Waals surface area contributed by atoms with Crippen molar-refractivity contribution >= 4 is 45.7 Å². The zero-order valence-corrected chi connectivity index (χ0v) is 18.1. The maximum absolute atomic E-state index is 12.1. The maximum Gasteiger partial charge on any atom is 0.305 e. The zero-order chi connectivity index (χ0) is 21.9. The minimum atomic E-state index is -0.280. The van der Waals surface area contributed by atoms with Crippen LogP contribution in [-0.2, 0) is 20.7 Å². The van der Waals surface area contributed by atoms with E-state index in [0.29, 0.717) is 13.0 Å². The first-order valence-electron chi connectivity index (χ1n) is 10.4. The van der Waals surface area contributed by atoms with Crippen LogP contribution in [0.4, 0.5) is 5.69 Å². The number of nitrogens with one attached hydrogen (secondary N) is 2. The SMILES string of the molecule is O=C(CCCC(=O)OCCCc1ccccc1)NC(=S)Nc1ccc2ccccc2c1. The molecule has 0 radical (unpaired) electrons. The lowest BCUT2D eigenvalue weighted by Crippen LogP contribution is -2.34. The molecule has 1 amide bonds. The van der Waals surface area contributed by atoms with Gasteiger partial charge in [-0.25, -0.2) is 0 Å². The quantitative estimate of drug-likeness (QED) is 0.282. The van der Waals surface area contributed by atoms with Gasteiger partial charge in [0.1, 0.15) is 0 Å². The predicted molar refractivity (Wildman–Crippen MR) is 128 cm³/mol. The molecular weight excluding hydrogens is 408 g/mol. The van der Waals surface area contributed by atoms with E-state index >= 15 is 0 Å². The van der Waals surface area contributed by atoms with E-state index in [0.717, 1.165) is 29.3 Å². The summed E-state index contributed by atoms with van der Waals surface area (Å²) in [4.78, 5) is 23.9. The molecule has 31 heavy (non-hydrogen) atoms. The molecule has 0 aromatic heterocycles. The van der Waals surface area contributed by atoms with E-state index in [1.54, 1.807) is 0 Å². The van der Waals surface area contributed by atoms with Crippen LogP contribution in [0.25, 0.3) is 10.8 Å². The zero-order valence-electron chi connectivity index (χ0n) is 17.3. The van der Waals surface area contributed by atoms with Crippen LogP contribution in [0.15, 0.2) is 72.8 Å². The van der Waals surface area contributed by atoms with Crippen molar-refractivity contribution in [3.8, 4) is 0 Å². The molecule has 3 aromatic rings. The molecule has 0 fully saturated rings. The van der Waals surface area contributed by atoms with Gasteiger partial charge in [-0.2, -0.15) is 0 Å². The number of carbonyl (C=O) groups is 2. The predicted octanol–water partition coefficient (Wildman–Crippen LogP) is 5.00. The molecule has 0 saturated heterocycles. The summed E-state index contributed by atoms with van der Waals surface area (Å²) in [5, 5.41) is 8.13. The fourth-order valence-electron chi connectivity index (χ4n) is 3.19. The molecule has 0 aliphatic rings. The standard InChI is InChI=1S/C25H26N2O3S/c28-23(13-6-14-24(29)30-17-7-10-19-8-2-1-3-9-19)27-25(31)26-22-16-15-20-11-4-5-12-21(20)18-22/h1-5,8-9,11-12,15-16,18H,6-7,10,13-14,17H2,(H2,26,27,28,31). The molecule has 0 aliphatic heterocycles. The highest BCUT2D eigenvalue weighted by Gasteiger charge is 2.08. The Morgan fingerprint density at radius 2 is 1.58 bits per heavy atom. The minimum absolute atomic E-state index is 0.207. The van der Waals surface area contributed by atoms with Gasteiger partial charge in [0, 0.05) is 18.5 Å². The summed E-state index contributed by atoms with van der Waals surface area (Å²) in [6, 6.07) is 24.0. The molecule has 3 aromatic carbocycles. The lowest BCUT2D eigenvalue weighted by molar-refractivity contribution is -0.143. The molecule has 0 heterocycles. The second-order valence-corrected chi connectivity index (χ2v) is 7.64. The van der Waals surface area contributed by atoms with Crippen LogP contribution in [0.2, 0.25) is 0 Å². The molecule has 2 N–H and O–H groups in total. The topological polar surface area (TPSA) is 67.4 Å². The first kappa shape index (κ1) is 22.4. The van der Waals surface area contributed by atoms with Crippen molar-refractivity contribution in [1.82, 2.24) is 5.32 Å². The van der Waals surface area contributed by atoms with Gasteiger partial charge in [0.2, 0.25) is 5.91 Å². The highest BCUT2D eigenvalue weighted by atomic mass is 32.1. The number of fused-ring (bicyclic) bond motifs is 1. The number of rotatable bonds is 9. The summed E-state index contributed by atoms with van der Waals surface area (Å²) < 4.78 is 5.23. The van der Waals surface area contributed by atoms with E-state index in [4.69, 9.17) is 17.0 Å². The second kappa shape index (κ2) is 11.8. The van der Waals surface area contributed by atoms with E-state index < -0.39 is 0 Å². The van der Waals surface area contributed by atoms with Crippen LogP contribution in [0.5, 0.6) is 0 Å².